The summed E-state index contributed by atoms with van der Waals surface area (Å²) in [6.07, 6.45) is -1.25. The maximum Gasteiger partial charge on any atom is 0.417 e. The minimum atomic E-state index is -5.01. The van der Waals surface area contributed by atoms with Crippen LogP contribution in [0.1, 0.15) is 63.3 Å². The fourth-order valence-electron chi connectivity index (χ4n) is 7.12. The highest BCUT2D eigenvalue weighted by Gasteiger charge is 2.50. The molecule has 2 fully saturated rings. The molecule has 2 aliphatic heterocycles. The molecule has 4 N–H and O–H groups in total. The number of imidazole rings is 2. The van der Waals surface area contributed by atoms with Crippen LogP contribution in [-0.2, 0) is 19.1 Å². The number of H-pyrrole nitrogens is 2. The standard InChI is InChI=1S/C38H43F3N8O6/c1-21(2)30(46-36(52)54-3)34(50)48-17-5-7-28(48)32-42-19-26(44-32)24-13-9-22(10-14-24)23-11-15-25(16-12-23)27-20-43-33(45-27)29-8-6-18-49(29)35(51)31(38(39,40)41)47-37(53)55-4/h9-16,19-21,28-31H,5-8,17-18H2,1-4H3,(H,42,44)(H,43,45)(H,46,52)(H,47,53)/t28-,29-,30-,31?/m0/s1. The molecule has 14 nitrogen and oxygen atoms in total. The number of alkyl halides is 3. The summed E-state index contributed by atoms with van der Waals surface area (Å²) in [6.45, 7) is 4.39. The number of nitrogens with zero attached hydrogens (tertiary/aromatic N) is 4. The van der Waals surface area contributed by atoms with Crippen LogP contribution in [0.4, 0.5) is 22.8 Å². The van der Waals surface area contributed by atoms with E-state index < -0.39 is 42.4 Å². The zero-order valence-corrected chi connectivity index (χ0v) is 30.8. The highest BCUT2D eigenvalue weighted by atomic mass is 19.4. The molecular formula is C38H43F3N8O6. The monoisotopic (exact) mass is 764 g/mol. The first kappa shape index (κ1) is 38.8. The number of ether oxygens (including phenoxy) is 2. The first-order valence-electron chi connectivity index (χ1n) is 18.0. The van der Waals surface area contributed by atoms with E-state index in [1.54, 1.807) is 22.6 Å². The maximum atomic E-state index is 13.7. The van der Waals surface area contributed by atoms with Crippen LogP contribution in [0.15, 0.2) is 60.9 Å². The Kier molecular flexibility index (Phi) is 11.5. The molecule has 1 unspecified atom stereocenters. The average Bonchev–Trinajstić information content (AvgIpc) is 4.01. The summed E-state index contributed by atoms with van der Waals surface area (Å²) in [5.74, 6) is -0.559. The summed E-state index contributed by atoms with van der Waals surface area (Å²) < 4.78 is 50.2. The van der Waals surface area contributed by atoms with Gasteiger partial charge < -0.3 is 39.9 Å². The maximum absolute atomic E-state index is 13.7. The van der Waals surface area contributed by atoms with E-state index in [-0.39, 0.29) is 24.4 Å². The third-order valence-corrected chi connectivity index (χ3v) is 10.0. The van der Waals surface area contributed by atoms with Gasteiger partial charge in [-0.05, 0) is 53.9 Å². The molecule has 0 saturated carbocycles. The zero-order chi connectivity index (χ0) is 39.4. The average molecular weight is 765 g/mol. The van der Waals surface area contributed by atoms with E-state index in [9.17, 15) is 32.3 Å². The van der Waals surface area contributed by atoms with Gasteiger partial charge in [0.1, 0.15) is 17.7 Å². The second-order valence-electron chi connectivity index (χ2n) is 13.9. The second kappa shape index (κ2) is 16.2. The number of hydrogen-bond acceptors (Lipinski definition) is 8. The second-order valence-corrected chi connectivity index (χ2v) is 13.9. The molecule has 292 valence electrons. The number of aromatic amines is 2. The number of amides is 4. The molecule has 2 saturated heterocycles. The predicted molar refractivity (Wildman–Crippen MR) is 194 cm³/mol. The zero-order valence-electron chi connectivity index (χ0n) is 30.8. The van der Waals surface area contributed by atoms with E-state index in [0.717, 1.165) is 52.8 Å². The van der Waals surface area contributed by atoms with Crippen LogP contribution in [0.25, 0.3) is 33.6 Å². The molecule has 4 amide bonds. The molecule has 0 radical (unpaired) electrons. The van der Waals surface area contributed by atoms with Crippen molar-refractivity contribution in [2.75, 3.05) is 27.3 Å². The Labute approximate surface area is 315 Å². The van der Waals surface area contributed by atoms with Crippen LogP contribution >= 0.6 is 0 Å². The Morgan fingerprint density at radius 2 is 1.13 bits per heavy atom. The molecular weight excluding hydrogens is 721 g/mol. The topological polar surface area (TPSA) is 175 Å². The third kappa shape index (κ3) is 8.44. The molecule has 0 aliphatic carbocycles. The summed E-state index contributed by atoms with van der Waals surface area (Å²) in [5.41, 5.74) is 5.05. The molecule has 0 spiro atoms. The van der Waals surface area contributed by atoms with Gasteiger partial charge in [0.05, 0.1) is 50.1 Å². The quantitative estimate of drug-likeness (QED) is 0.149. The van der Waals surface area contributed by atoms with Gasteiger partial charge >= 0.3 is 18.4 Å². The largest absolute Gasteiger partial charge is 0.453 e. The number of methoxy groups -OCH3 is 2. The number of hydrogen-bond donors (Lipinski definition) is 4. The van der Waals surface area contributed by atoms with E-state index in [0.29, 0.717) is 36.7 Å². The minimum Gasteiger partial charge on any atom is -0.453 e. The van der Waals surface area contributed by atoms with Crippen molar-refractivity contribution in [2.45, 2.75) is 69.9 Å². The number of aromatic nitrogens is 4. The number of rotatable bonds is 10. The van der Waals surface area contributed by atoms with Crippen LogP contribution in [0.5, 0.6) is 0 Å². The summed E-state index contributed by atoms with van der Waals surface area (Å²) in [4.78, 5) is 68.4. The van der Waals surface area contributed by atoms with Crippen LogP contribution in [-0.4, -0.2) is 99.3 Å². The highest BCUT2D eigenvalue weighted by Crippen LogP contribution is 2.36. The SMILES string of the molecule is COC(=O)NC(C(=O)N1CCC[C@H]1c1ncc(-c2ccc(-c3ccc(-c4cnc([C@@H]5CCCN5C(=O)[C@@H](NC(=O)OC)C(C)C)[nH]4)cc3)cc2)[nH]1)C(F)(F)F. The van der Waals surface area contributed by atoms with Gasteiger partial charge in [0, 0.05) is 13.1 Å². The first-order valence-corrected chi connectivity index (χ1v) is 18.0. The van der Waals surface area contributed by atoms with E-state index in [1.807, 2.05) is 62.4 Å². The molecule has 2 aromatic heterocycles. The van der Waals surface area contributed by atoms with E-state index in [1.165, 1.54) is 7.11 Å². The van der Waals surface area contributed by atoms with Crippen molar-refractivity contribution >= 4 is 24.0 Å². The normalized spacial score (nSPS) is 18.3. The molecule has 4 heterocycles. The lowest BCUT2D eigenvalue weighted by molar-refractivity contribution is -0.175. The Morgan fingerprint density at radius 3 is 1.55 bits per heavy atom. The highest BCUT2D eigenvalue weighted by molar-refractivity contribution is 5.87. The van der Waals surface area contributed by atoms with E-state index in [2.05, 4.69) is 30.0 Å². The lowest BCUT2D eigenvalue weighted by Gasteiger charge is -2.30. The first-order chi connectivity index (χ1) is 26.3. The number of carbonyl (C=O) groups excluding carboxylic acids is 4. The number of benzene rings is 2. The van der Waals surface area contributed by atoms with Gasteiger partial charge in [-0.1, -0.05) is 62.4 Å². The molecule has 2 aromatic carbocycles. The summed E-state index contributed by atoms with van der Waals surface area (Å²) in [7, 11) is 2.19. The fourth-order valence-corrected chi connectivity index (χ4v) is 7.12. The summed E-state index contributed by atoms with van der Waals surface area (Å²) in [5, 5.41) is 4.27. The smallest absolute Gasteiger partial charge is 0.417 e. The Hall–Kier alpha value is -5.87. The van der Waals surface area contributed by atoms with Gasteiger partial charge in [0.15, 0.2) is 0 Å². The van der Waals surface area contributed by atoms with Gasteiger partial charge in [-0.15, -0.1) is 0 Å². The summed E-state index contributed by atoms with van der Waals surface area (Å²) in [6, 6.07) is 11.2. The molecule has 55 heavy (non-hydrogen) atoms. The number of alkyl carbamates (subject to hydrolysis) is 2. The molecule has 0 bridgehead atoms. The third-order valence-electron chi connectivity index (χ3n) is 10.0. The predicted octanol–water partition coefficient (Wildman–Crippen LogP) is 6.13. The number of carbonyl (C=O) groups is 4. The lowest BCUT2D eigenvalue weighted by Crippen LogP contribution is -2.55. The van der Waals surface area contributed by atoms with Crippen LogP contribution in [0.2, 0.25) is 0 Å². The fraction of sp³-hybridized carbons (Fsp3) is 0.421. The van der Waals surface area contributed by atoms with Gasteiger partial charge in [0.2, 0.25) is 11.9 Å². The van der Waals surface area contributed by atoms with Crippen molar-refractivity contribution in [1.29, 1.82) is 0 Å². The van der Waals surface area contributed by atoms with Crippen LogP contribution < -0.4 is 10.6 Å². The van der Waals surface area contributed by atoms with Crippen LogP contribution in [0, 0.1) is 5.92 Å². The lowest BCUT2D eigenvalue weighted by atomic mass is 10.0. The number of nitrogens with one attached hydrogen (secondary N) is 4. The van der Waals surface area contributed by atoms with E-state index >= 15 is 0 Å². The minimum absolute atomic E-state index is 0.0839. The van der Waals surface area contributed by atoms with Crippen molar-refractivity contribution in [1.82, 2.24) is 40.4 Å². The summed E-state index contributed by atoms with van der Waals surface area (Å²) >= 11 is 0. The van der Waals surface area contributed by atoms with Crippen molar-refractivity contribution < 1.29 is 41.8 Å². The van der Waals surface area contributed by atoms with Crippen molar-refractivity contribution in [2.24, 2.45) is 5.92 Å². The van der Waals surface area contributed by atoms with Crippen LogP contribution in [0.3, 0.4) is 0 Å². The van der Waals surface area contributed by atoms with E-state index in [4.69, 9.17) is 4.74 Å². The molecule has 4 atom stereocenters. The van der Waals surface area contributed by atoms with Gasteiger partial charge in [0.25, 0.3) is 5.91 Å². The molecule has 17 heteroatoms. The van der Waals surface area contributed by atoms with Crippen molar-refractivity contribution in [3.8, 4) is 33.6 Å². The Balaban J connectivity index is 1.11. The molecule has 4 aromatic rings. The Bertz CT molecular complexity index is 2000. The van der Waals surface area contributed by atoms with Gasteiger partial charge in [-0.25, -0.2) is 19.6 Å². The van der Waals surface area contributed by atoms with Gasteiger partial charge in [-0.2, -0.15) is 13.2 Å². The molecule has 6 rings (SSSR count). The number of halogens is 3. The number of likely N-dealkylation sites (tertiary alicyclic amines) is 2. The van der Waals surface area contributed by atoms with Crippen molar-refractivity contribution in [3.63, 3.8) is 0 Å². The van der Waals surface area contributed by atoms with Crippen molar-refractivity contribution in [3.05, 3.63) is 72.6 Å². The van der Waals surface area contributed by atoms with Gasteiger partial charge in [-0.3, -0.25) is 9.59 Å². The Morgan fingerprint density at radius 1 is 0.709 bits per heavy atom. The molecule has 2 aliphatic rings.